The maximum Gasteiger partial charge on any atom is 0.492 e. The van der Waals surface area contributed by atoms with Gasteiger partial charge in [-0.2, -0.15) is 0 Å². The van der Waals surface area contributed by atoms with Crippen molar-refractivity contribution in [2.75, 3.05) is 13.1 Å². The number of nitrogens with one attached hydrogen (secondary N) is 1. The van der Waals surface area contributed by atoms with E-state index < -0.39 is 5.97 Å². The molecule has 1 aromatic carbocycles. The minimum atomic E-state index is -0.487. The van der Waals surface area contributed by atoms with Gasteiger partial charge in [0.25, 0.3) is 0 Å². The third-order valence-corrected chi connectivity index (χ3v) is 2.03. The summed E-state index contributed by atoms with van der Waals surface area (Å²) in [6, 6.07) is 8.71. The molecular formula is C10H11N2O3+. The molecule has 5 heteroatoms. The van der Waals surface area contributed by atoms with E-state index in [9.17, 15) is 10.0 Å². The SMILES string of the molecule is O=C(OC1=[N+](O)CCN1)c1ccccc1. The second-order valence-corrected chi connectivity index (χ2v) is 3.11. The molecule has 0 fully saturated rings. The second-order valence-electron chi connectivity index (χ2n) is 3.11. The fourth-order valence-corrected chi connectivity index (χ4v) is 1.27. The van der Waals surface area contributed by atoms with Crippen LogP contribution >= 0.6 is 0 Å². The summed E-state index contributed by atoms with van der Waals surface area (Å²) in [7, 11) is 0. The third-order valence-electron chi connectivity index (χ3n) is 2.03. The third kappa shape index (κ3) is 2.07. The predicted octanol–water partition coefficient (Wildman–Crippen LogP) is 0.204. The average Bonchev–Trinajstić information content (AvgIpc) is 2.66. The number of hydroxylamine groups is 1. The molecule has 0 radical (unpaired) electrons. The number of hydrogen-bond acceptors (Lipinski definition) is 4. The van der Waals surface area contributed by atoms with Crippen LogP contribution in [0.3, 0.4) is 0 Å². The Bertz CT molecular complexity index is 400. The summed E-state index contributed by atoms with van der Waals surface area (Å²) in [5, 5.41) is 12.0. The Labute approximate surface area is 86.6 Å². The van der Waals surface area contributed by atoms with Crippen LogP contribution in [0.1, 0.15) is 10.4 Å². The molecule has 1 aliphatic heterocycles. The molecule has 5 nitrogen and oxygen atoms in total. The number of hydrogen-bond donors (Lipinski definition) is 2. The lowest BCUT2D eigenvalue weighted by atomic mass is 10.2. The quantitative estimate of drug-likeness (QED) is 0.392. The summed E-state index contributed by atoms with van der Waals surface area (Å²) in [6.07, 6.45) is 0. The van der Waals surface area contributed by atoms with E-state index in [1.54, 1.807) is 24.3 Å². The van der Waals surface area contributed by atoms with Gasteiger partial charge in [0, 0.05) is 0 Å². The fraction of sp³-hybridized carbons (Fsp3) is 0.200. The van der Waals surface area contributed by atoms with Gasteiger partial charge in [0.2, 0.25) is 0 Å². The fourth-order valence-electron chi connectivity index (χ4n) is 1.27. The van der Waals surface area contributed by atoms with Crippen LogP contribution in [0.2, 0.25) is 0 Å². The smallest absolute Gasteiger partial charge is 0.352 e. The van der Waals surface area contributed by atoms with Gasteiger partial charge in [0.1, 0.15) is 6.54 Å². The molecule has 0 amide bonds. The largest absolute Gasteiger partial charge is 0.492 e. The van der Waals surface area contributed by atoms with Crippen molar-refractivity contribution in [2.24, 2.45) is 0 Å². The molecule has 0 saturated carbocycles. The van der Waals surface area contributed by atoms with Gasteiger partial charge in [0.05, 0.1) is 5.56 Å². The van der Waals surface area contributed by atoms with E-state index in [1.165, 1.54) is 0 Å². The monoisotopic (exact) mass is 207 g/mol. The molecule has 78 valence electrons. The van der Waals surface area contributed by atoms with Crippen LogP contribution in [-0.4, -0.2) is 35.0 Å². The molecular weight excluding hydrogens is 196 g/mol. The zero-order valence-corrected chi connectivity index (χ0v) is 8.01. The molecule has 0 atom stereocenters. The van der Waals surface area contributed by atoms with Gasteiger partial charge in [-0.25, -0.2) is 10.1 Å². The van der Waals surface area contributed by atoms with Crippen molar-refractivity contribution < 1.29 is 19.5 Å². The minimum absolute atomic E-state index is 0.0869. The molecule has 1 aromatic rings. The predicted molar refractivity (Wildman–Crippen MR) is 51.8 cm³/mol. The number of nitrogens with zero attached hydrogens (tertiary/aromatic N) is 1. The van der Waals surface area contributed by atoms with Gasteiger partial charge >= 0.3 is 12.0 Å². The Morgan fingerprint density at radius 1 is 1.40 bits per heavy atom. The molecule has 1 aliphatic rings. The Morgan fingerprint density at radius 3 is 2.73 bits per heavy atom. The number of amidine groups is 1. The zero-order chi connectivity index (χ0) is 10.7. The van der Waals surface area contributed by atoms with Crippen molar-refractivity contribution in [3.05, 3.63) is 35.9 Å². The summed E-state index contributed by atoms with van der Waals surface area (Å²) in [6.45, 7) is 0.977. The number of benzene rings is 1. The Balaban J connectivity index is 2.08. The Kier molecular flexibility index (Phi) is 2.53. The van der Waals surface area contributed by atoms with Gasteiger partial charge in [-0.15, -0.1) is 0 Å². The first-order valence-corrected chi connectivity index (χ1v) is 4.62. The van der Waals surface area contributed by atoms with E-state index in [2.05, 4.69) is 5.32 Å². The van der Waals surface area contributed by atoms with E-state index >= 15 is 0 Å². The van der Waals surface area contributed by atoms with Crippen LogP contribution in [0.5, 0.6) is 0 Å². The number of rotatable bonds is 1. The summed E-state index contributed by atoms with van der Waals surface area (Å²) < 4.78 is 5.83. The zero-order valence-electron chi connectivity index (χ0n) is 8.01. The van der Waals surface area contributed by atoms with Crippen molar-refractivity contribution in [3.8, 4) is 0 Å². The van der Waals surface area contributed by atoms with E-state index in [0.717, 1.165) is 4.74 Å². The summed E-state index contributed by atoms with van der Waals surface area (Å²) in [4.78, 5) is 11.5. The lowest BCUT2D eigenvalue weighted by Gasteiger charge is -1.99. The standard InChI is InChI=1S/C10H10N2O3/c13-9(8-4-2-1-3-5-8)15-10-11-6-7-12(10)14/h1-5,14H,6-7H2/p+1. The van der Waals surface area contributed by atoms with E-state index in [1.807, 2.05) is 6.07 Å². The van der Waals surface area contributed by atoms with Crippen molar-refractivity contribution in [1.82, 2.24) is 5.32 Å². The van der Waals surface area contributed by atoms with Gasteiger partial charge in [-0.05, 0) is 16.9 Å². The average molecular weight is 207 g/mol. The first-order valence-electron chi connectivity index (χ1n) is 4.62. The van der Waals surface area contributed by atoms with E-state index in [-0.39, 0.29) is 6.02 Å². The van der Waals surface area contributed by atoms with Gasteiger partial charge < -0.3 is 9.94 Å². The molecule has 0 bridgehead atoms. The summed E-state index contributed by atoms with van der Waals surface area (Å²) in [5.74, 6) is -0.487. The summed E-state index contributed by atoms with van der Waals surface area (Å²) >= 11 is 0. The number of esters is 1. The highest BCUT2D eigenvalue weighted by atomic mass is 16.6. The van der Waals surface area contributed by atoms with Crippen molar-refractivity contribution >= 4 is 12.0 Å². The molecule has 2 rings (SSSR count). The molecule has 1 heterocycles. The minimum Gasteiger partial charge on any atom is -0.352 e. The van der Waals surface area contributed by atoms with Crippen LogP contribution in [0.25, 0.3) is 0 Å². The van der Waals surface area contributed by atoms with Crippen LogP contribution < -0.4 is 5.32 Å². The maximum absolute atomic E-state index is 11.5. The highest BCUT2D eigenvalue weighted by Gasteiger charge is 2.25. The van der Waals surface area contributed by atoms with E-state index in [4.69, 9.17) is 4.74 Å². The molecule has 0 unspecified atom stereocenters. The topological polar surface area (TPSA) is 61.6 Å². The van der Waals surface area contributed by atoms with Crippen LogP contribution in [-0.2, 0) is 4.74 Å². The second kappa shape index (κ2) is 4.00. The Morgan fingerprint density at radius 2 is 2.13 bits per heavy atom. The Hall–Kier alpha value is -2.04. The van der Waals surface area contributed by atoms with Gasteiger partial charge in [-0.1, -0.05) is 18.2 Å². The van der Waals surface area contributed by atoms with Crippen molar-refractivity contribution in [2.45, 2.75) is 0 Å². The lowest BCUT2D eigenvalue weighted by molar-refractivity contribution is -0.772. The van der Waals surface area contributed by atoms with Crippen molar-refractivity contribution in [3.63, 3.8) is 0 Å². The van der Waals surface area contributed by atoms with Gasteiger partial charge in [0.15, 0.2) is 6.54 Å². The lowest BCUT2D eigenvalue weighted by Crippen LogP contribution is -2.27. The highest BCUT2D eigenvalue weighted by molar-refractivity contribution is 5.96. The molecule has 0 aromatic heterocycles. The maximum atomic E-state index is 11.5. The van der Waals surface area contributed by atoms with Crippen LogP contribution in [0.4, 0.5) is 0 Å². The van der Waals surface area contributed by atoms with Crippen molar-refractivity contribution in [1.29, 1.82) is 0 Å². The highest BCUT2D eigenvalue weighted by Crippen LogP contribution is 2.01. The van der Waals surface area contributed by atoms with E-state index in [0.29, 0.717) is 18.7 Å². The number of carbonyl (C=O) groups is 1. The van der Waals surface area contributed by atoms with Crippen LogP contribution in [0, 0.1) is 0 Å². The van der Waals surface area contributed by atoms with Gasteiger partial charge in [-0.3, -0.25) is 0 Å². The number of carbonyl (C=O) groups excluding carboxylic acids is 1. The normalized spacial score (nSPS) is 14.9. The molecule has 2 N–H and O–H groups in total. The van der Waals surface area contributed by atoms with Crippen LogP contribution in [0.15, 0.2) is 30.3 Å². The molecule has 15 heavy (non-hydrogen) atoms. The molecule has 0 spiro atoms. The first kappa shape index (κ1) is 9.51. The number of ether oxygens (including phenoxy) is 1. The summed E-state index contributed by atoms with van der Waals surface area (Å²) in [5.41, 5.74) is 0.451. The molecule has 0 saturated heterocycles. The first-order chi connectivity index (χ1) is 7.27. The molecule has 0 aliphatic carbocycles.